The molecule has 0 spiro atoms. The summed E-state index contributed by atoms with van der Waals surface area (Å²) in [5.41, 5.74) is 1.15. The van der Waals surface area contributed by atoms with Crippen LogP contribution in [-0.2, 0) is 0 Å². The summed E-state index contributed by atoms with van der Waals surface area (Å²) in [7, 11) is 1.95. The molecule has 2 heterocycles. The van der Waals surface area contributed by atoms with Gasteiger partial charge >= 0.3 is 0 Å². The first-order valence-electron chi connectivity index (χ1n) is 6.60. The molecule has 106 valence electrons. The van der Waals surface area contributed by atoms with E-state index in [4.69, 9.17) is 21.1 Å². The van der Waals surface area contributed by atoms with Crippen LogP contribution < -0.4 is 14.8 Å². The lowest BCUT2D eigenvalue weighted by atomic mass is 10.0. The molecule has 1 unspecified atom stereocenters. The van der Waals surface area contributed by atoms with Crippen molar-refractivity contribution in [3.05, 3.63) is 45.1 Å². The van der Waals surface area contributed by atoms with Crippen molar-refractivity contribution in [2.45, 2.75) is 12.5 Å². The Morgan fingerprint density at radius 1 is 1.15 bits per heavy atom. The fraction of sp³-hybridized carbons (Fsp3) is 0.333. The highest BCUT2D eigenvalue weighted by Gasteiger charge is 2.18. The Hall–Kier alpha value is -1.23. The zero-order valence-electron chi connectivity index (χ0n) is 11.2. The smallest absolute Gasteiger partial charge is 0.161 e. The van der Waals surface area contributed by atoms with Crippen LogP contribution in [0.25, 0.3) is 0 Å². The van der Waals surface area contributed by atoms with E-state index in [1.165, 1.54) is 4.88 Å². The Kier molecular flexibility index (Phi) is 4.15. The second-order valence-corrected chi connectivity index (χ2v) is 6.37. The van der Waals surface area contributed by atoms with Crippen molar-refractivity contribution in [3.63, 3.8) is 0 Å². The van der Waals surface area contributed by atoms with Gasteiger partial charge in [0.05, 0.1) is 23.6 Å². The first kappa shape index (κ1) is 13.7. The minimum atomic E-state index is 0.115. The Morgan fingerprint density at radius 2 is 1.95 bits per heavy atom. The summed E-state index contributed by atoms with van der Waals surface area (Å²) < 4.78 is 12.2. The van der Waals surface area contributed by atoms with Crippen molar-refractivity contribution >= 4 is 22.9 Å². The topological polar surface area (TPSA) is 30.5 Å². The fourth-order valence-corrected chi connectivity index (χ4v) is 3.52. The molecule has 1 N–H and O–H groups in total. The molecule has 1 aliphatic rings. The van der Waals surface area contributed by atoms with E-state index in [1.54, 1.807) is 11.3 Å². The SMILES string of the molecule is CNC(c1ccc2c(c1)OCCCO2)c1ccc(Cl)s1. The van der Waals surface area contributed by atoms with E-state index < -0.39 is 0 Å². The van der Waals surface area contributed by atoms with Crippen LogP contribution in [0.3, 0.4) is 0 Å². The number of fused-ring (bicyclic) bond motifs is 1. The van der Waals surface area contributed by atoms with Crippen molar-refractivity contribution in [2.24, 2.45) is 0 Å². The van der Waals surface area contributed by atoms with E-state index in [-0.39, 0.29) is 6.04 Å². The predicted octanol–water partition coefficient (Wildman–Crippen LogP) is 3.87. The second kappa shape index (κ2) is 6.04. The lowest BCUT2D eigenvalue weighted by Gasteiger charge is -2.17. The zero-order valence-corrected chi connectivity index (χ0v) is 12.8. The molecular weight excluding hydrogens is 294 g/mol. The average molecular weight is 310 g/mol. The molecule has 1 aromatic carbocycles. The number of rotatable bonds is 3. The van der Waals surface area contributed by atoms with Gasteiger partial charge in [0.25, 0.3) is 0 Å². The standard InChI is InChI=1S/C15H16ClNO2S/c1-17-15(13-5-6-14(16)20-13)10-3-4-11-12(9-10)19-8-2-7-18-11/h3-6,9,15,17H,2,7-8H2,1H3. The largest absolute Gasteiger partial charge is 0.490 e. The van der Waals surface area contributed by atoms with Crippen LogP contribution in [0.4, 0.5) is 0 Å². The van der Waals surface area contributed by atoms with Crippen LogP contribution >= 0.6 is 22.9 Å². The van der Waals surface area contributed by atoms with E-state index in [1.807, 2.05) is 19.2 Å². The van der Waals surface area contributed by atoms with Gasteiger partial charge in [0.2, 0.25) is 0 Å². The van der Waals surface area contributed by atoms with Gasteiger partial charge in [-0.25, -0.2) is 0 Å². The van der Waals surface area contributed by atoms with Crippen molar-refractivity contribution in [3.8, 4) is 11.5 Å². The van der Waals surface area contributed by atoms with Crippen LogP contribution in [-0.4, -0.2) is 20.3 Å². The average Bonchev–Trinajstić information content (AvgIpc) is 2.75. The number of nitrogens with one attached hydrogen (secondary N) is 1. The molecule has 0 radical (unpaired) electrons. The summed E-state index contributed by atoms with van der Waals surface area (Å²) in [6.45, 7) is 1.41. The van der Waals surface area contributed by atoms with Crippen molar-refractivity contribution < 1.29 is 9.47 Å². The Morgan fingerprint density at radius 3 is 2.65 bits per heavy atom. The highest BCUT2D eigenvalue weighted by molar-refractivity contribution is 7.16. The molecule has 20 heavy (non-hydrogen) atoms. The van der Waals surface area contributed by atoms with Gasteiger partial charge in [-0.2, -0.15) is 0 Å². The molecule has 0 aliphatic carbocycles. The number of halogens is 1. The van der Waals surface area contributed by atoms with Gasteiger partial charge in [-0.1, -0.05) is 17.7 Å². The van der Waals surface area contributed by atoms with Gasteiger partial charge in [-0.15, -0.1) is 11.3 Å². The second-order valence-electron chi connectivity index (χ2n) is 4.62. The summed E-state index contributed by atoms with van der Waals surface area (Å²) in [5.74, 6) is 1.65. The summed E-state index contributed by atoms with van der Waals surface area (Å²) in [5, 5.41) is 3.33. The summed E-state index contributed by atoms with van der Waals surface area (Å²) >= 11 is 7.62. The molecule has 0 bridgehead atoms. The maximum atomic E-state index is 6.03. The van der Waals surface area contributed by atoms with Crippen LogP contribution in [0, 0.1) is 0 Å². The molecule has 1 aromatic heterocycles. The molecular formula is C15H16ClNO2S. The monoisotopic (exact) mass is 309 g/mol. The summed E-state index contributed by atoms with van der Waals surface area (Å²) in [4.78, 5) is 1.19. The van der Waals surface area contributed by atoms with Gasteiger partial charge in [0, 0.05) is 11.3 Å². The Labute approximate surface area is 127 Å². The van der Waals surface area contributed by atoms with Gasteiger partial charge in [-0.05, 0) is 36.9 Å². The van der Waals surface area contributed by atoms with Gasteiger partial charge < -0.3 is 14.8 Å². The molecule has 5 heteroatoms. The molecule has 1 aliphatic heterocycles. The molecule has 3 rings (SSSR count). The normalized spacial score (nSPS) is 15.7. The first-order valence-corrected chi connectivity index (χ1v) is 7.79. The summed E-state index contributed by atoms with van der Waals surface area (Å²) in [6, 6.07) is 10.2. The number of ether oxygens (including phenoxy) is 2. The maximum absolute atomic E-state index is 6.03. The Bertz CT molecular complexity index is 599. The quantitative estimate of drug-likeness (QED) is 0.933. The van der Waals surface area contributed by atoms with Crippen LogP contribution in [0.15, 0.2) is 30.3 Å². The molecule has 0 saturated carbocycles. The van der Waals surface area contributed by atoms with E-state index in [2.05, 4.69) is 23.5 Å². The minimum Gasteiger partial charge on any atom is -0.490 e. The third-order valence-corrected chi connectivity index (χ3v) is 4.57. The van der Waals surface area contributed by atoms with Gasteiger partial charge in [0.1, 0.15) is 0 Å². The molecule has 0 fully saturated rings. The molecule has 0 amide bonds. The van der Waals surface area contributed by atoms with E-state index in [0.717, 1.165) is 27.8 Å². The van der Waals surface area contributed by atoms with Gasteiger partial charge in [0.15, 0.2) is 11.5 Å². The lowest BCUT2D eigenvalue weighted by Crippen LogP contribution is -2.16. The van der Waals surface area contributed by atoms with Gasteiger partial charge in [-0.3, -0.25) is 0 Å². The minimum absolute atomic E-state index is 0.115. The lowest BCUT2D eigenvalue weighted by molar-refractivity contribution is 0.297. The zero-order chi connectivity index (χ0) is 13.9. The first-order chi connectivity index (χ1) is 9.78. The highest BCUT2D eigenvalue weighted by atomic mass is 35.5. The molecule has 0 saturated heterocycles. The number of benzene rings is 1. The van der Waals surface area contributed by atoms with Crippen LogP contribution in [0.2, 0.25) is 4.34 Å². The van der Waals surface area contributed by atoms with E-state index in [0.29, 0.717) is 13.2 Å². The van der Waals surface area contributed by atoms with E-state index in [9.17, 15) is 0 Å². The van der Waals surface area contributed by atoms with Crippen molar-refractivity contribution in [1.29, 1.82) is 0 Å². The number of hydrogen-bond acceptors (Lipinski definition) is 4. The highest BCUT2D eigenvalue weighted by Crippen LogP contribution is 2.36. The number of thiophene rings is 1. The molecule has 1 atom stereocenters. The molecule has 3 nitrogen and oxygen atoms in total. The van der Waals surface area contributed by atoms with Crippen molar-refractivity contribution in [2.75, 3.05) is 20.3 Å². The van der Waals surface area contributed by atoms with Crippen molar-refractivity contribution in [1.82, 2.24) is 5.32 Å². The third-order valence-electron chi connectivity index (χ3n) is 3.27. The Balaban J connectivity index is 1.94. The molecule has 2 aromatic rings. The fourth-order valence-electron chi connectivity index (χ4n) is 2.32. The maximum Gasteiger partial charge on any atom is 0.161 e. The van der Waals surface area contributed by atoms with Crippen LogP contribution in [0.1, 0.15) is 22.9 Å². The number of hydrogen-bond donors (Lipinski definition) is 1. The van der Waals surface area contributed by atoms with Crippen LogP contribution in [0.5, 0.6) is 11.5 Å². The predicted molar refractivity (Wildman–Crippen MR) is 82.3 cm³/mol. The third kappa shape index (κ3) is 2.77. The summed E-state index contributed by atoms with van der Waals surface area (Å²) in [6.07, 6.45) is 0.917. The van der Waals surface area contributed by atoms with E-state index >= 15 is 0 Å².